The average Bonchev–Trinajstić information content (AvgIpc) is 2.47. The van der Waals surface area contributed by atoms with Gasteiger partial charge in [-0.1, -0.05) is 6.07 Å². The van der Waals surface area contributed by atoms with E-state index < -0.39 is 0 Å². The van der Waals surface area contributed by atoms with Crippen molar-refractivity contribution in [1.29, 1.82) is 0 Å². The molecule has 0 radical (unpaired) electrons. The molecule has 23 heavy (non-hydrogen) atoms. The fourth-order valence-corrected chi connectivity index (χ4v) is 2.33. The van der Waals surface area contributed by atoms with Crippen molar-refractivity contribution in [1.82, 2.24) is 5.32 Å². The summed E-state index contributed by atoms with van der Waals surface area (Å²) in [5.41, 5.74) is 0.837. The zero-order valence-corrected chi connectivity index (χ0v) is 14.7. The van der Waals surface area contributed by atoms with E-state index in [0.717, 1.165) is 22.9 Å². The van der Waals surface area contributed by atoms with Crippen LogP contribution < -0.4 is 20.1 Å². The zero-order valence-electron chi connectivity index (χ0n) is 13.8. The third-order valence-corrected chi connectivity index (χ3v) is 3.08. The first-order chi connectivity index (χ1) is 10.9. The minimum atomic E-state index is -0.0699. The Bertz CT molecular complexity index is 663. The summed E-state index contributed by atoms with van der Waals surface area (Å²) < 4.78 is 11.0. The van der Waals surface area contributed by atoms with Gasteiger partial charge < -0.3 is 20.1 Å². The maximum Gasteiger partial charge on any atom is 0.171 e. The van der Waals surface area contributed by atoms with Crippen molar-refractivity contribution < 1.29 is 9.47 Å². The summed E-state index contributed by atoms with van der Waals surface area (Å²) in [6, 6.07) is 15.1. The van der Waals surface area contributed by atoms with E-state index >= 15 is 0 Å². The maximum absolute atomic E-state index is 5.81. The van der Waals surface area contributed by atoms with Gasteiger partial charge in [0.1, 0.15) is 17.2 Å². The highest BCUT2D eigenvalue weighted by atomic mass is 32.1. The molecule has 0 saturated heterocycles. The van der Waals surface area contributed by atoms with Crippen LogP contribution in [0.15, 0.2) is 48.5 Å². The van der Waals surface area contributed by atoms with E-state index in [1.165, 1.54) is 0 Å². The minimum Gasteiger partial charge on any atom is -0.497 e. The minimum absolute atomic E-state index is 0.0699. The second kappa shape index (κ2) is 7.33. The number of hydrogen-bond acceptors (Lipinski definition) is 3. The molecule has 0 aromatic heterocycles. The molecule has 0 saturated carbocycles. The van der Waals surface area contributed by atoms with Crippen LogP contribution in [-0.2, 0) is 0 Å². The Labute approximate surface area is 142 Å². The fraction of sp³-hybridized carbons (Fsp3) is 0.278. The predicted molar refractivity (Wildman–Crippen MR) is 98.6 cm³/mol. The third kappa shape index (κ3) is 5.79. The van der Waals surface area contributed by atoms with Gasteiger partial charge in [-0.15, -0.1) is 0 Å². The lowest BCUT2D eigenvalue weighted by atomic mass is 10.1. The Morgan fingerprint density at radius 2 is 1.61 bits per heavy atom. The fourth-order valence-electron chi connectivity index (χ4n) is 1.91. The first-order valence-corrected chi connectivity index (χ1v) is 7.78. The molecule has 0 aliphatic carbocycles. The van der Waals surface area contributed by atoms with Crippen molar-refractivity contribution >= 4 is 23.0 Å². The topological polar surface area (TPSA) is 42.5 Å². The van der Waals surface area contributed by atoms with E-state index in [-0.39, 0.29) is 5.54 Å². The van der Waals surface area contributed by atoms with Crippen LogP contribution in [0.3, 0.4) is 0 Å². The number of rotatable bonds is 4. The smallest absolute Gasteiger partial charge is 0.171 e. The molecule has 0 bridgehead atoms. The molecular formula is C18H22N2O2S. The van der Waals surface area contributed by atoms with Crippen LogP contribution >= 0.6 is 12.2 Å². The first kappa shape index (κ1) is 17.1. The van der Waals surface area contributed by atoms with E-state index in [1.807, 2.05) is 48.5 Å². The van der Waals surface area contributed by atoms with Gasteiger partial charge in [-0.2, -0.15) is 0 Å². The van der Waals surface area contributed by atoms with Crippen LogP contribution in [-0.4, -0.2) is 17.8 Å². The van der Waals surface area contributed by atoms with Gasteiger partial charge in [0.25, 0.3) is 0 Å². The lowest BCUT2D eigenvalue weighted by Gasteiger charge is -2.23. The molecule has 0 fully saturated rings. The molecule has 2 N–H and O–H groups in total. The number of thiocarbonyl (C=S) groups is 1. The molecule has 0 spiro atoms. The number of anilines is 1. The van der Waals surface area contributed by atoms with Crippen molar-refractivity contribution in [3.05, 3.63) is 48.5 Å². The van der Waals surface area contributed by atoms with Gasteiger partial charge in [0, 0.05) is 17.3 Å². The Morgan fingerprint density at radius 3 is 2.22 bits per heavy atom. The largest absolute Gasteiger partial charge is 0.497 e. The van der Waals surface area contributed by atoms with Crippen LogP contribution in [0, 0.1) is 0 Å². The molecule has 0 heterocycles. The lowest BCUT2D eigenvalue weighted by Crippen LogP contribution is -2.42. The van der Waals surface area contributed by atoms with Gasteiger partial charge >= 0.3 is 0 Å². The van der Waals surface area contributed by atoms with E-state index in [9.17, 15) is 0 Å². The molecule has 0 aliphatic heterocycles. The molecule has 0 unspecified atom stereocenters. The highest BCUT2D eigenvalue weighted by Gasteiger charge is 2.10. The SMILES string of the molecule is COc1cccc(Oc2ccc(NC(=S)NC(C)(C)C)cc2)c1. The summed E-state index contributed by atoms with van der Waals surface area (Å²) in [4.78, 5) is 0. The highest BCUT2D eigenvalue weighted by molar-refractivity contribution is 7.80. The van der Waals surface area contributed by atoms with Crippen molar-refractivity contribution in [3.63, 3.8) is 0 Å². The van der Waals surface area contributed by atoms with Gasteiger partial charge in [0.05, 0.1) is 7.11 Å². The van der Waals surface area contributed by atoms with E-state index in [0.29, 0.717) is 5.11 Å². The summed E-state index contributed by atoms with van der Waals surface area (Å²) in [5, 5.41) is 6.96. The van der Waals surface area contributed by atoms with Gasteiger partial charge in [-0.05, 0) is 69.4 Å². The highest BCUT2D eigenvalue weighted by Crippen LogP contribution is 2.26. The summed E-state index contributed by atoms with van der Waals surface area (Å²) >= 11 is 5.28. The Kier molecular flexibility index (Phi) is 5.45. The standard InChI is InChI=1S/C18H22N2O2S/c1-18(2,3)20-17(23)19-13-8-10-14(11-9-13)22-16-7-5-6-15(12-16)21-4/h5-12H,1-4H3,(H2,19,20,23). The monoisotopic (exact) mass is 330 g/mol. The van der Waals surface area contributed by atoms with Crippen LogP contribution in [0.4, 0.5) is 5.69 Å². The summed E-state index contributed by atoms with van der Waals surface area (Å²) in [5.74, 6) is 2.24. The average molecular weight is 330 g/mol. The second-order valence-electron chi connectivity index (χ2n) is 6.13. The molecule has 122 valence electrons. The number of methoxy groups -OCH3 is 1. The van der Waals surface area contributed by atoms with Crippen LogP contribution in [0.5, 0.6) is 17.2 Å². The number of ether oxygens (including phenoxy) is 2. The zero-order chi connectivity index (χ0) is 16.9. The van der Waals surface area contributed by atoms with Crippen molar-refractivity contribution in [2.75, 3.05) is 12.4 Å². The van der Waals surface area contributed by atoms with E-state index in [1.54, 1.807) is 7.11 Å². The van der Waals surface area contributed by atoms with E-state index in [4.69, 9.17) is 21.7 Å². The van der Waals surface area contributed by atoms with Crippen molar-refractivity contribution in [2.24, 2.45) is 0 Å². The lowest BCUT2D eigenvalue weighted by molar-refractivity contribution is 0.409. The Balaban J connectivity index is 1.98. The van der Waals surface area contributed by atoms with E-state index in [2.05, 4.69) is 31.4 Å². The molecule has 2 aromatic rings. The van der Waals surface area contributed by atoms with Crippen LogP contribution in [0.25, 0.3) is 0 Å². The third-order valence-electron chi connectivity index (χ3n) is 2.88. The number of hydrogen-bond donors (Lipinski definition) is 2. The molecule has 4 nitrogen and oxygen atoms in total. The van der Waals surface area contributed by atoms with Crippen LogP contribution in [0.2, 0.25) is 0 Å². The summed E-state index contributed by atoms with van der Waals surface area (Å²) in [6.45, 7) is 6.18. The quantitative estimate of drug-likeness (QED) is 0.804. The Morgan fingerprint density at radius 1 is 0.957 bits per heavy atom. The molecule has 2 aromatic carbocycles. The van der Waals surface area contributed by atoms with Gasteiger partial charge in [0.15, 0.2) is 5.11 Å². The number of nitrogens with one attached hydrogen (secondary N) is 2. The normalized spacial score (nSPS) is 10.8. The summed E-state index contributed by atoms with van der Waals surface area (Å²) in [7, 11) is 1.63. The molecule has 0 atom stereocenters. The molecule has 0 amide bonds. The van der Waals surface area contributed by atoms with Crippen LogP contribution in [0.1, 0.15) is 20.8 Å². The molecule has 2 rings (SSSR count). The van der Waals surface area contributed by atoms with Gasteiger partial charge in [-0.3, -0.25) is 0 Å². The molecule has 5 heteroatoms. The first-order valence-electron chi connectivity index (χ1n) is 7.37. The predicted octanol–water partition coefficient (Wildman–Crippen LogP) is 4.57. The second-order valence-corrected chi connectivity index (χ2v) is 6.54. The Hall–Kier alpha value is -2.27. The van der Waals surface area contributed by atoms with Gasteiger partial charge in [-0.25, -0.2) is 0 Å². The number of benzene rings is 2. The molecular weight excluding hydrogens is 308 g/mol. The van der Waals surface area contributed by atoms with Crippen molar-refractivity contribution in [3.8, 4) is 17.2 Å². The molecule has 0 aliphatic rings. The van der Waals surface area contributed by atoms with Crippen molar-refractivity contribution in [2.45, 2.75) is 26.3 Å². The maximum atomic E-state index is 5.81. The summed E-state index contributed by atoms with van der Waals surface area (Å²) in [6.07, 6.45) is 0. The van der Waals surface area contributed by atoms with Gasteiger partial charge in [0.2, 0.25) is 0 Å².